The van der Waals surface area contributed by atoms with Crippen LogP contribution in [0.4, 0.5) is 11.5 Å². The number of benzene rings is 2. The zero-order valence-corrected chi connectivity index (χ0v) is 23.0. The Bertz CT molecular complexity index is 1540. The molecule has 0 amide bonds. The summed E-state index contributed by atoms with van der Waals surface area (Å²) < 4.78 is 45.6. The zero-order valence-electron chi connectivity index (χ0n) is 21.4. The van der Waals surface area contributed by atoms with E-state index in [9.17, 15) is 8.42 Å². The second kappa shape index (κ2) is 11.5. The van der Waals surface area contributed by atoms with Crippen molar-refractivity contribution in [3.8, 4) is 22.8 Å². The SMILES string of the molecule is CCc1ccc(OC)c(S(=O)(=O)Nc2noc3nc(-c4cccc(N5CCNCC5)c4)cc(OC)c23)c1.Cl. The van der Waals surface area contributed by atoms with Gasteiger partial charge in [-0.15, -0.1) is 12.4 Å². The van der Waals surface area contributed by atoms with Crippen LogP contribution in [-0.2, 0) is 16.4 Å². The third-order valence-corrected chi connectivity index (χ3v) is 7.77. The highest BCUT2D eigenvalue weighted by atomic mass is 35.5. The predicted molar refractivity (Wildman–Crippen MR) is 149 cm³/mol. The molecule has 0 saturated carbocycles. The summed E-state index contributed by atoms with van der Waals surface area (Å²) in [5.74, 6) is 0.611. The maximum absolute atomic E-state index is 13.3. The lowest BCUT2D eigenvalue weighted by Gasteiger charge is -2.29. The van der Waals surface area contributed by atoms with Crippen molar-refractivity contribution in [3.63, 3.8) is 0 Å². The molecule has 4 aromatic rings. The number of methoxy groups -OCH3 is 2. The highest BCUT2D eigenvalue weighted by Gasteiger charge is 2.25. The first-order valence-electron chi connectivity index (χ1n) is 12.0. The van der Waals surface area contributed by atoms with Gasteiger partial charge < -0.3 is 24.2 Å². The molecule has 1 saturated heterocycles. The number of ether oxygens (including phenoxy) is 2. The molecule has 3 heterocycles. The molecule has 0 aliphatic carbocycles. The highest BCUT2D eigenvalue weighted by Crippen LogP contribution is 2.37. The van der Waals surface area contributed by atoms with Crippen LogP contribution in [0.5, 0.6) is 11.5 Å². The van der Waals surface area contributed by atoms with E-state index in [1.807, 2.05) is 25.1 Å². The molecule has 2 aromatic heterocycles. The van der Waals surface area contributed by atoms with Gasteiger partial charge in [-0.1, -0.05) is 30.3 Å². The molecule has 0 bridgehead atoms. The number of piperazine rings is 1. The number of pyridine rings is 1. The second-order valence-electron chi connectivity index (χ2n) is 8.65. The van der Waals surface area contributed by atoms with Crippen molar-refractivity contribution in [2.45, 2.75) is 18.2 Å². The number of aryl methyl sites for hydroxylation is 1. The molecule has 1 fully saturated rings. The second-order valence-corrected chi connectivity index (χ2v) is 10.3. The van der Waals surface area contributed by atoms with Crippen LogP contribution in [0.25, 0.3) is 22.4 Å². The van der Waals surface area contributed by atoms with Crippen LogP contribution in [-0.4, -0.2) is 59.0 Å². The van der Waals surface area contributed by atoms with Crippen molar-refractivity contribution in [2.24, 2.45) is 0 Å². The molecule has 10 nitrogen and oxygen atoms in total. The lowest BCUT2D eigenvalue weighted by molar-refractivity contribution is 0.402. The minimum absolute atomic E-state index is 0. The first-order chi connectivity index (χ1) is 17.9. The van der Waals surface area contributed by atoms with Gasteiger partial charge in [0.1, 0.15) is 21.8 Å². The number of hydrogen-bond acceptors (Lipinski definition) is 9. The van der Waals surface area contributed by atoms with Gasteiger partial charge in [-0.25, -0.2) is 13.4 Å². The Morgan fingerprint density at radius 3 is 2.53 bits per heavy atom. The number of rotatable bonds is 8. The van der Waals surface area contributed by atoms with Crippen LogP contribution in [0.15, 0.2) is 57.9 Å². The van der Waals surface area contributed by atoms with E-state index in [-0.39, 0.29) is 34.6 Å². The molecular weight excluding hydrogens is 530 g/mol. The number of fused-ring (bicyclic) bond motifs is 1. The number of nitrogens with zero attached hydrogens (tertiary/aromatic N) is 3. The predicted octanol–water partition coefficient (Wildman–Crippen LogP) is 4.10. The van der Waals surface area contributed by atoms with Gasteiger partial charge in [0.25, 0.3) is 15.7 Å². The largest absolute Gasteiger partial charge is 0.496 e. The zero-order chi connectivity index (χ0) is 26.0. The van der Waals surface area contributed by atoms with Crippen LogP contribution >= 0.6 is 12.4 Å². The van der Waals surface area contributed by atoms with Gasteiger partial charge in [-0.2, -0.15) is 0 Å². The van der Waals surface area contributed by atoms with Gasteiger partial charge in [0.05, 0.1) is 19.9 Å². The number of hydrogen-bond donors (Lipinski definition) is 2. The molecule has 12 heteroatoms. The van der Waals surface area contributed by atoms with Crippen molar-refractivity contribution < 1.29 is 22.4 Å². The maximum atomic E-state index is 13.3. The van der Waals surface area contributed by atoms with E-state index in [4.69, 9.17) is 14.0 Å². The van der Waals surface area contributed by atoms with E-state index in [0.29, 0.717) is 23.3 Å². The molecule has 2 aromatic carbocycles. The summed E-state index contributed by atoms with van der Waals surface area (Å²) >= 11 is 0. The third-order valence-electron chi connectivity index (χ3n) is 6.41. The van der Waals surface area contributed by atoms with Crippen molar-refractivity contribution in [3.05, 3.63) is 54.1 Å². The monoisotopic (exact) mass is 559 g/mol. The van der Waals surface area contributed by atoms with Crippen LogP contribution in [0.3, 0.4) is 0 Å². The van der Waals surface area contributed by atoms with Crippen molar-refractivity contribution in [1.29, 1.82) is 0 Å². The fraction of sp³-hybridized carbons (Fsp3) is 0.308. The fourth-order valence-corrected chi connectivity index (χ4v) is 5.64. The number of halogens is 1. The average Bonchev–Trinajstić information content (AvgIpc) is 3.34. The molecule has 0 radical (unpaired) electrons. The topological polar surface area (TPSA) is 119 Å². The van der Waals surface area contributed by atoms with Gasteiger partial charge in [-0.3, -0.25) is 4.72 Å². The molecule has 5 rings (SSSR count). The first-order valence-corrected chi connectivity index (χ1v) is 13.5. The van der Waals surface area contributed by atoms with E-state index < -0.39 is 10.0 Å². The third kappa shape index (κ3) is 5.35. The molecular formula is C26H30ClN5O5S. The number of anilines is 2. The summed E-state index contributed by atoms with van der Waals surface area (Å²) in [6, 6.07) is 14.9. The summed E-state index contributed by atoms with van der Waals surface area (Å²) in [5.41, 5.74) is 3.64. The lowest BCUT2D eigenvalue weighted by atomic mass is 10.1. The Kier molecular flexibility index (Phi) is 8.29. The minimum atomic E-state index is -4.05. The van der Waals surface area contributed by atoms with E-state index in [1.54, 1.807) is 18.2 Å². The minimum Gasteiger partial charge on any atom is -0.496 e. The highest BCUT2D eigenvalue weighted by molar-refractivity contribution is 7.92. The molecule has 38 heavy (non-hydrogen) atoms. The summed E-state index contributed by atoms with van der Waals surface area (Å²) in [6.45, 7) is 5.68. The van der Waals surface area contributed by atoms with Crippen LogP contribution < -0.4 is 24.4 Å². The molecule has 1 aliphatic rings. The quantitative estimate of drug-likeness (QED) is 0.329. The average molecular weight is 560 g/mol. The molecule has 202 valence electrons. The van der Waals surface area contributed by atoms with Crippen molar-refractivity contribution in [1.82, 2.24) is 15.5 Å². The Morgan fingerprint density at radius 1 is 1.05 bits per heavy atom. The lowest BCUT2D eigenvalue weighted by Crippen LogP contribution is -2.43. The van der Waals surface area contributed by atoms with Crippen LogP contribution in [0.1, 0.15) is 12.5 Å². The molecule has 0 atom stereocenters. The van der Waals surface area contributed by atoms with E-state index >= 15 is 0 Å². The Hall–Kier alpha value is -3.54. The van der Waals surface area contributed by atoms with Crippen LogP contribution in [0, 0.1) is 0 Å². The van der Waals surface area contributed by atoms with Gasteiger partial charge in [-0.05, 0) is 36.2 Å². The van der Waals surface area contributed by atoms with E-state index in [1.165, 1.54) is 14.2 Å². The molecule has 0 spiro atoms. The van der Waals surface area contributed by atoms with Crippen molar-refractivity contribution in [2.75, 3.05) is 50.0 Å². The Labute approximate surface area is 227 Å². The summed E-state index contributed by atoms with van der Waals surface area (Å²) in [7, 11) is -1.11. The van der Waals surface area contributed by atoms with Gasteiger partial charge in [0.15, 0.2) is 5.82 Å². The number of aromatic nitrogens is 2. The summed E-state index contributed by atoms with van der Waals surface area (Å²) in [4.78, 5) is 6.96. The van der Waals surface area contributed by atoms with Gasteiger partial charge >= 0.3 is 0 Å². The van der Waals surface area contributed by atoms with Gasteiger partial charge in [0.2, 0.25) is 0 Å². The Balaban J connectivity index is 0.00000336. The smallest absolute Gasteiger partial charge is 0.266 e. The molecule has 2 N–H and O–H groups in total. The Morgan fingerprint density at radius 2 is 1.82 bits per heavy atom. The normalized spacial score (nSPS) is 13.7. The standard InChI is InChI=1S/C26H29N5O5S.ClH/c1-4-17-8-9-21(34-2)23(14-17)37(32,33)30-25-24-22(35-3)16-20(28-26(24)36-29-25)18-6-5-7-19(15-18)31-12-10-27-11-13-31;/h5-9,14-16,27H,4,10-13H2,1-3H3,(H,29,30);1H. The van der Waals surface area contributed by atoms with Gasteiger partial charge in [0, 0.05) is 43.5 Å². The fourth-order valence-electron chi connectivity index (χ4n) is 4.41. The van der Waals surface area contributed by atoms with Crippen molar-refractivity contribution >= 4 is 45.0 Å². The number of nitrogens with one attached hydrogen (secondary N) is 2. The van der Waals surface area contributed by atoms with Crippen LogP contribution in [0.2, 0.25) is 0 Å². The summed E-state index contributed by atoms with van der Waals surface area (Å²) in [5, 5.41) is 7.67. The molecule has 1 aliphatic heterocycles. The van der Waals surface area contributed by atoms with E-state index in [0.717, 1.165) is 43.0 Å². The molecule has 0 unspecified atom stereocenters. The number of sulfonamides is 1. The van der Waals surface area contributed by atoms with E-state index in [2.05, 4.69) is 37.2 Å². The first kappa shape index (κ1) is 27.5. The maximum Gasteiger partial charge on any atom is 0.266 e. The summed E-state index contributed by atoms with van der Waals surface area (Å²) in [6.07, 6.45) is 0.676.